The molecular formula is C68H64N2. The van der Waals surface area contributed by atoms with E-state index in [-0.39, 0.29) is 5.41 Å². The van der Waals surface area contributed by atoms with Crippen LogP contribution < -0.4 is 4.90 Å². The summed E-state index contributed by atoms with van der Waals surface area (Å²) < 4.78 is 2.43. The molecule has 70 heavy (non-hydrogen) atoms. The molecule has 10 aromatic rings. The Morgan fingerprint density at radius 2 is 0.986 bits per heavy atom. The minimum Gasteiger partial charge on any atom is -0.310 e. The molecule has 0 N–H and O–H groups in total. The number of rotatable bonds is 14. The fraction of sp³-hybridized carbons (Fsp3) is 0.206. The third kappa shape index (κ3) is 8.55. The Morgan fingerprint density at radius 3 is 1.66 bits per heavy atom. The van der Waals surface area contributed by atoms with Crippen molar-refractivity contribution in [3.63, 3.8) is 0 Å². The van der Waals surface area contributed by atoms with Crippen molar-refractivity contribution in [3.8, 4) is 39.1 Å². The lowest BCUT2D eigenvalue weighted by Crippen LogP contribution is -2.16. The van der Waals surface area contributed by atoms with E-state index in [1.54, 1.807) is 0 Å². The van der Waals surface area contributed by atoms with Crippen molar-refractivity contribution < 1.29 is 0 Å². The van der Waals surface area contributed by atoms with E-state index in [0.717, 1.165) is 36.3 Å². The van der Waals surface area contributed by atoms with Crippen molar-refractivity contribution in [2.45, 2.75) is 78.6 Å². The van der Waals surface area contributed by atoms with E-state index in [1.807, 2.05) is 0 Å². The Hall–Kier alpha value is -7.42. The number of nitrogens with zero attached hydrogens (tertiary/aromatic N) is 2. The molecule has 1 aromatic heterocycles. The van der Waals surface area contributed by atoms with Gasteiger partial charge in [0.05, 0.1) is 11.0 Å². The Labute approximate surface area is 415 Å². The summed E-state index contributed by atoms with van der Waals surface area (Å²) in [5.74, 6) is 1.99. The van der Waals surface area contributed by atoms with Gasteiger partial charge in [-0.1, -0.05) is 187 Å². The highest BCUT2D eigenvalue weighted by molar-refractivity contribution is 6.10. The van der Waals surface area contributed by atoms with Gasteiger partial charge in [-0.15, -0.1) is 0 Å². The fourth-order valence-corrected chi connectivity index (χ4v) is 11.5. The standard InChI is InChI=1S/C68H64N2/c1-46(2)43-62(47(3)4)53-27-23-48(24-28-53)15-14-16-49-25-34-57(35-26-49)70-66-22-13-11-20-61(66)63-44-54(33-42-67(63)70)52-31-38-56(39-32-52)69(55-36-29-51(30-37-55)50-17-8-7-9-18-50)58-40-41-60-59-19-10-12-21-64(59)68(5,6)65(60)45-58/h7-13,17-42,44-47,62H,14-16,43H2,1-6H3. The zero-order valence-corrected chi connectivity index (χ0v) is 41.7. The van der Waals surface area contributed by atoms with Gasteiger partial charge in [0.25, 0.3) is 0 Å². The van der Waals surface area contributed by atoms with Gasteiger partial charge in [-0.05, 0) is 171 Å². The number of hydrogen-bond acceptors (Lipinski definition) is 1. The molecule has 1 heterocycles. The van der Waals surface area contributed by atoms with Crippen LogP contribution >= 0.6 is 0 Å². The predicted molar refractivity (Wildman–Crippen MR) is 299 cm³/mol. The number of fused-ring (bicyclic) bond motifs is 6. The molecule has 0 aliphatic heterocycles. The third-order valence-electron chi connectivity index (χ3n) is 15.3. The van der Waals surface area contributed by atoms with Crippen molar-refractivity contribution in [1.29, 1.82) is 0 Å². The van der Waals surface area contributed by atoms with Gasteiger partial charge in [0, 0.05) is 38.9 Å². The quantitative estimate of drug-likeness (QED) is 0.106. The summed E-state index contributed by atoms with van der Waals surface area (Å²) in [6.07, 6.45) is 4.55. The Balaban J connectivity index is 0.860. The minimum absolute atomic E-state index is 0.0986. The van der Waals surface area contributed by atoms with E-state index < -0.39 is 0 Å². The van der Waals surface area contributed by atoms with Crippen LogP contribution in [0.15, 0.2) is 212 Å². The molecule has 9 aromatic carbocycles. The molecule has 0 amide bonds. The summed E-state index contributed by atoms with van der Waals surface area (Å²) in [6, 6.07) is 79.4. The van der Waals surface area contributed by atoms with E-state index in [4.69, 9.17) is 0 Å². The number of aromatic nitrogens is 1. The molecule has 0 saturated heterocycles. The fourth-order valence-electron chi connectivity index (χ4n) is 11.5. The number of benzene rings is 9. The lowest BCUT2D eigenvalue weighted by molar-refractivity contribution is 0.408. The summed E-state index contributed by atoms with van der Waals surface area (Å²) in [7, 11) is 0. The smallest absolute Gasteiger partial charge is 0.0541 e. The number of aryl methyl sites for hydroxylation is 2. The topological polar surface area (TPSA) is 8.17 Å². The van der Waals surface area contributed by atoms with Crippen LogP contribution in [0.4, 0.5) is 17.1 Å². The van der Waals surface area contributed by atoms with Gasteiger partial charge < -0.3 is 9.47 Å². The maximum atomic E-state index is 2.43. The van der Waals surface area contributed by atoms with Crippen LogP contribution in [0, 0.1) is 11.8 Å². The average molecular weight is 909 g/mol. The summed E-state index contributed by atoms with van der Waals surface area (Å²) in [5, 5.41) is 2.53. The van der Waals surface area contributed by atoms with Gasteiger partial charge in [-0.3, -0.25) is 0 Å². The first-order chi connectivity index (χ1) is 34.1. The lowest BCUT2D eigenvalue weighted by atomic mass is 9.82. The maximum absolute atomic E-state index is 2.43. The number of para-hydroxylation sites is 1. The van der Waals surface area contributed by atoms with E-state index in [0.29, 0.717) is 17.8 Å². The summed E-state index contributed by atoms with van der Waals surface area (Å²) in [6.45, 7) is 14.1. The van der Waals surface area contributed by atoms with Crippen LogP contribution in [0.25, 0.3) is 60.9 Å². The van der Waals surface area contributed by atoms with Gasteiger partial charge in [0.2, 0.25) is 0 Å². The van der Waals surface area contributed by atoms with Crippen molar-refractivity contribution >= 4 is 38.9 Å². The first kappa shape index (κ1) is 45.0. The third-order valence-corrected chi connectivity index (χ3v) is 15.3. The normalized spacial score (nSPS) is 13.3. The molecule has 0 radical (unpaired) electrons. The van der Waals surface area contributed by atoms with E-state index in [9.17, 15) is 0 Å². The second-order valence-corrected chi connectivity index (χ2v) is 21.0. The molecule has 2 heteroatoms. The number of hydrogen-bond donors (Lipinski definition) is 0. The molecule has 0 saturated carbocycles. The predicted octanol–water partition coefficient (Wildman–Crippen LogP) is 18.9. The molecule has 2 nitrogen and oxygen atoms in total. The van der Waals surface area contributed by atoms with Crippen LogP contribution in [0.3, 0.4) is 0 Å². The van der Waals surface area contributed by atoms with Crippen LogP contribution in [-0.2, 0) is 18.3 Å². The largest absolute Gasteiger partial charge is 0.310 e. The molecule has 1 unspecified atom stereocenters. The van der Waals surface area contributed by atoms with Crippen molar-refractivity contribution in [2.75, 3.05) is 4.90 Å². The van der Waals surface area contributed by atoms with Crippen LogP contribution in [0.1, 0.15) is 88.1 Å². The molecule has 11 rings (SSSR count). The van der Waals surface area contributed by atoms with Crippen molar-refractivity contribution in [3.05, 3.63) is 240 Å². The van der Waals surface area contributed by atoms with E-state index >= 15 is 0 Å². The minimum atomic E-state index is -0.0986. The summed E-state index contributed by atoms with van der Waals surface area (Å²) in [5.41, 5.74) is 21.5. The van der Waals surface area contributed by atoms with Gasteiger partial charge in [0.15, 0.2) is 0 Å². The Kier molecular flexibility index (Phi) is 12.1. The van der Waals surface area contributed by atoms with Gasteiger partial charge >= 0.3 is 0 Å². The van der Waals surface area contributed by atoms with Crippen LogP contribution in [0.2, 0.25) is 0 Å². The molecule has 0 spiro atoms. The molecule has 1 aliphatic rings. The first-order valence-corrected chi connectivity index (χ1v) is 25.6. The Morgan fingerprint density at radius 1 is 0.443 bits per heavy atom. The first-order valence-electron chi connectivity index (χ1n) is 25.6. The summed E-state index contributed by atoms with van der Waals surface area (Å²) in [4.78, 5) is 2.41. The summed E-state index contributed by atoms with van der Waals surface area (Å²) >= 11 is 0. The second kappa shape index (κ2) is 18.8. The molecule has 1 atom stereocenters. The van der Waals surface area contributed by atoms with Gasteiger partial charge in [-0.2, -0.15) is 0 Å². The monoisotopic (exact) mass is 909 g/mol. The van der Waals surface area contributed by atoms with E-state index in [1.165, 1.54) is 95.1 Å². The van der Waals surface area contributed by atoms with Gasteiger partial charge in [-0.25, -0.2) is 0 Å². The lowest BCUT2D eigenvalue weighted by Gasteiger charge is -2.28. The Bertz CT molecular complexity index is 3430. The van der Waals surface area contributed by atoms with E-state index in [2.05, 4.69) is 263 Å². The van der Waals surface area contributed by atoms with Gasteiger partial charge in [0.1, 0.15) is 0 Å². The maximum Gasteiger partial charge on any atom is 0.0541 e. The highest BCUT2D eigenvalue weighted by atomic mass is 15.1. The highest BCUT2D eigenvalue weighted by Gasteiger charge is 2.35. The number of anilines is 3. The van der Waals surface area contributed by atoms with Crippen LogP contribution in [0.5, 0.6) is 0 Å². The highest BCUT2D eigenvalue weighted by Crippen LogP contribution is 2.51. The SMILES string of the molecule is CC(C)CC(c1ccc(CCCc2ccc(-n3c4ccccc4c4cc(-c5ccc(N(c6ccc(-c7ccccc7)cc6)c6ccc7c(c6)C(C)(C)c6ccccc6-7)cc5)ccc43)cc2)cc1)C(C)C. The zero-order chi connectivity index (χ0) is 47.9. The second-order valence-electron chi connectivity index (χ2n) is 21.0. The molecule has 0 bridgehead atoms. The molecular weight excluding hydrogens is 845 g/mol. The zero-order valence-electron chi connectivity index (χ0n) is 41.7. The molecule has 1 aliphatic carbocycles. The average Bonchev–Trinajstić information content (AvgIpc) is 3.84. The molecule has 0 fully saturated rings. The van der Waals surface area contributed by atoms with Crippen molar-refractivity contribution in [1.82, 2.24) is 4.57 Å². The van der Waals surface area contributed by atoms with Crippen LogP contribution in [-0.4, -0.2) is 4.57 Å². The molecule has 346 valence electrons. The van der Waals surface area contributed by atoms with Crippen molar-refractivity contribution in [2.24, 2.45) is 11.8 Å².